The standard InChI is InChI=1S/C14H13F3N2/c1-8-3-2-4-10(13(8)17)14(19-18)11-7-9(15)5-6-12(11)16/h2-7,14,19H,18H2,1H3. The lowest BCUT2D eigenvalue weighted by atomic mass is 9.96. The van der Waals surface area contributed by atoms with Crippen molar-refractivity contribution in [1.82, 2.24) is 5.43 Å². The average Bonchev–Trinajstić information content (AvgIpc) is 2.39. The maximum absolute atomic E-state index is 14.0. The molecule has 0 saturated heterocycles. The Morgan fingerprint density at radius 2 is 1.79 bits per heavy atom. The van der Waals surface area contributed by atoms with Crippen molar-refractivity contribution in [3.63, 3.8) is 0 Å². The summed E-state index contributed by atoms with van der Waals surface area (Å²) in [5, 5.41) is 0. The highest BCUT2D eigenvalue weighted by Crippen LogP contribution is 2.27. The van der Waals surface area contributed by atoms with Gasteiger partial charge in [-0.3, -0.25) is 5.84 Å². The van der Waals surface area contributed by atoms with Crippen LogP contribution in [0.4, 0.5) is 13.2 Å². The fourth-order valence-corrected chi connectivity index (χ4v) is 1.98. The fraction of sp³-hybridized carbons (Fsp3) is 0.143. The quantitative estimate of drug-likeness (QED) is 0.662. The summed E-state index contributed by atoms with van der Waals surface area (Å²) in [6, 6.07) is 6.75. The molecular weight excluding hydrogens is 253 g/mol. The normalized spacial score (nSPS) is 12.5. The molecule has 0 aromatic heterocycles. The summed E-state index contributed by atoms with van der Waals surface area (Å²) < 4.78 is 41.0. The largest absolute Gasteiger partial charge is 0.271 e. The molecule has 2 aromatic rings. The Hall–Kier alpha value is -1.85. The lowest BCUT2D eigenvalue weighted by Crippen LogP contribution is -2.30. The number of hydrogen-bond donors (Lipinski definition) is 2. The molecule has 0 aliphatic carbocycles. The van der Waals surface area contributed by atoms with Gasteiger partial charge in [-0.1, -0.05) is 18.2 Å². The van der Waals surface area contributed by atoms with Gasteiger partial charge in [0.05, 0.1) is 6.04 Å². The molecule has 2 nitrogen and oxygen atoms in total. The predicted octanol–water partition coefficient (Wildman–Crippen LogP) is 2.97. The zero-order chi connectivity index (χ0) is 14.0. The van der Waals surface area contributed by atoms with E-state index >= 15 is 0 Å². The third kappa shape index (κ3) is 2.62. The molecule has 1 atom stereocenters. The van der Waals surface area contributed by atoms with E-state index in [2.05, 4.69) is 5.43 Å². The van der Waals surface area contributed by atoms with Crippen molar-refractivity contribution in [3.05, 3.63) is 70.5 Å². The Labute approximate surface area is 109 Å². The molecule has 0 amide bonds. The van der Waals surface area contributed by atoms with Crippen LogP contribution >= 0.6 is 0 Å². The van der Waals surface area contributed by atoms with Crippen molar-refractivity contribution in [2.75, 3.05) is 0 Å². The summed E-state index contributed by atoms with van der Waals surface area (Å²) in [6.45, 7) is 1.59. The van der Waals surface area contributed by atoms with E-state index in [0.717, 1.165) is 18.2 Å². The Kier molecular flexibility index (Phi) is 3.87. The molecule has 0 bridgehead atoms. The molecule has 0 fully saturated rings. The number of halogens is 3. The smallest absolute Gasteiger partial charge is 0.131 e. The zero-order valence-corrected chi connectivity index (χ0v) is 10.3. The van der Waals surface area contributed by atoms with Crippen molar-refractivity contribution in [2.45, 2.75) is 13.0 Å². The fourth-order valence-electron chi connectivity index (χ4n) is 1.98. The maximum Gasteiger partial charge on any atom is 0.131 e. The Balaban J connectivity index is 2.56. The molecule has 0 saturated carbocycles. The third-order valence-electron chi connectivity index (χ3n) is 2.97. The summed E-state index contributed by atoms with van der Waals surface area (Å²) in [6.07, 6.45) is 0. The number of rotatable bonds is 3. The van der Waals surface area contributed by atoms with Crippen LogP contribution in [0.2, 0.25) is 0 Å². The minimum Gasteiger partial charge on any atom is -0.271 e. The molecule has 19 heavy (non-hydrogen) atoms. The van der Waals surface area contributed by atoms with E-state index in [1.807, 2.05) is 0 Å². The van der Waals surface area contributed by atoms with E-state index in [1.54, 1.807) is 19.1 Å². The van der Waals surface area contributed by atoms with Gasteiger partial charge in [-0.05, 0) is 30.7 Å². The molecule has 0 radical (unpaired) electrons. The number of hydrazine groups is 1. The molecule has 2 rings (SSSR count). The molecule has 0 aliphatic heterocycles. The van der Waals surface area contributed by atoms with Crippen LogP contribution in [0.15, 0.2) is 36.4 Å². The number of nitrogens with two attached hydrogens (primary N) is 1. The predicted molar refractivity (Wildman–Crippen MR) is 66.7 cm³/mol. The van der Waals surface area contributed by atoms with Gasteiger partial charge >= 0.3 is 0 Å². The highest BCUT2D eigenvalue weighted by atomic mass is 19.1. The molecule has 100 valence electrons. The van der Waals surface area contributed by atoms with Crippen LogP contribution < -0.4 is 11.3 Å². The summed E-state index contributed by atoms with van der Waals surface area (Å²) in [4.78, 5) is 0. The van der Waals surface area contributed by atoms with Crippen molar-refractivity contribution in [2.24, 2.45) is 5.84 Å². The molecule has 0 heterocycles. The molecule has 3 N–H and O–H groups in total. The number of benzene rings is 2. The van der Waals surface area contributed by atoms with Gasteiger partial charge in [0.15, 0.2) is 0 Å². The second kappa shape index (κ2) is 5.42. The molecule has 0 spiro atoms. The first-order valence-corrected chi connectivity index (χ1v) is 5.70. The van der Waals surface area contributed by atoms with Gasteiger partial charge in [0.25, 0.3) is 0 Å². The Morgan fingerprint density at radius 1 is 1.05 bits per heavy atom. The van der Waals surface area contributed by atoms with Gasteiger partial charge in [0.1, 0.15) is 17.5 Å². The SMILES string of the molecule is Cc1cccc(C(NN)c2cc(F)ccc2F)c1F. The lowest BCUT2D eigenvalue weighted by molar-refractivity contribution is 0.520. The van der Waals surface area contributed by atoms with Crippen LogP contribution in [0.5, 0.6) is 0 Å². The topological polar surface area (TPSA) is 38.0 Å². The van der Waals surface area contributed by atoms with E-state index in [9.17, 15) is 13.2 Å². The van der Waals surface area contributed by atoms with E-state index in [0.29, 0.717) is 5.56 Å². The molecule has 5 heteroatoms. The van der Waals surface area contributed by atoms with Crippen molar-refractivity contribution in [3.8, 4) is 0 Å². The monoisotopic (exact) mass is 266 g/mol. The van der Waals surface area contributed by atoms with E-state index in [1.165, 1.54) is 6.07 Å². The summed E-state index contributed by atoms with van der Waals surface area (Å²) in [7, 11) is 0. The molecule has 2 aromatic carbocycles. The van der Waals surface area contributed by atoms with Crippen molar-refractivity contribution >= 4 is 0 Å². The summed E-state index contributed by atoms with van der Waals surface area (Å²) in [5.74, 6) is 3.62. The highest BCUT2D eigenvalue weighted by Gasteiger charge is 2.21. The first-order valence-electron chi connectivity index (χ1n) is 5.70. The van der Waals surface area contributed by atoms with Gasteiger partial charge in [-0.25, -0.2) is 18.6 Å². The highest BCUT2D eigenvalue weighted by molar-refractivity contribution is 5.36. The minimum absolute atomic E-state index is 0.0352. The second-order valence-corrected chi connectivity index (χ2v) is 4.24. The van der Waals surface area contributed by atoms with Crippen molar-refractivity contribution in [1.29, 1.82) is 0 Å². The first kappa shape index (κ1) is 13.6. The third-order valence-corrected chi connectivity index (χ3v) is 2.97. The van der Waals surface area contributed by atoms with E-state index in [-0.39, 0.29) is 11.1 Å². The molecule has 0 aliphatic rings. The van der Waals surface area contributed by atoms with Crippen LogP contribution in [0.3, 0.4) is 0 Å². The van der Waals surface area contributed by atoms with E-state index < -0.39 is 23.5 Å². The minimum atomic E-state index is -0.949. The van der Waals surface area contributed by atoms with Gasteiger partial charge in [0.2, 0.25) is 0 Å². The summed E-state index contributed by atoms with van der Waals surface area (Å²) in [5.41, 5.74) is 2.87. The van der Waals surface area contributed by atoms with Crippen LogP contribution in [-0.4, -0.2) is 0 Å². The van der Waals surface area contributed by atoms with Crippen LogP contribution in [0, 0.1) is 24.4 Å². The number of hydrogen-bond acceptors (Lipinski definition) is 2. The molecular formula is C14H13F3N2. The number of nitrogens with one attached hydrogen (secondary N) is 1. The maximum atomic E-state index is 14.0. The van der Waals surface area contributed by atoms with Gasteiger partial charge in [-0.2, -0.15) is 0 Å². The van der Waals surface area contributed by atoms with Crippen LogP contribution in [-0.2, 0) is 0 Å². The zero-order valence-electron chi connectivity index (χ0n) is 10.3. The van der Waals surface area contributed by atoms with Crippen LogP contribution in [0.1, 0.15) is 22.7 Å². The van der Waals surface area contributed by atoms with Gasteiger partial charge in [0, 0.05) is 11.1 Å². The summed E-state index contributed by atoms with van der Waals surface area (Å²) >= 11 is 0. The second-order valence-electron chi connectivity index (χ2n) is 4.24. The molecule has 1 unspecified atom stereocenters. The number of aryl methyl sites for hydroxylation is 1. The van der Waals surface area contributed by atoms with Gasteiger partial charge < -0.3 is 0 Å². The lowest BCUT2D eigenvalue weighted by Gasteiger charge is -2.19. The van der Waals surface area contributed by atoms with Crippen molar-refractivity contribution < 1.29 is 13.2 Å². The van der Waals surface area contributed by atoms with E-state index in [4.69, 9.17) is 5.84 Å². The average molecular weight is 266 g/mol. The Bertz CT molecular complexity index is 597. The Morgan fingerprint density at radius 3 is 2.47 bits per heavy atom. The van der Waals surface area contributed by atoms with Gasteiger partial charge in [-0.15, -0.1) is 0 Å². The van der Waals surface area contributed by atoms with Crippen LogP contribution in [0.25, 0.3) is 0 Å². The first-order chi connectivity index (χ1) is 9.04.